The van der Waals surface area contributed by atoms with Gasteiger partial charge in [-0.15, -0.1) is 16.8 Å². The van der Waals surface area contributed by atoms with Crippen molar-refractivity contribution >= 4 is 23.7 Å². The Bertz CT molecular complexity index is 722. The molecule has 0 aliphatic carbocycles. The summed E-state index contributed by atoms with van der Waals surface area (Å²) in [6, 6.07) is 1.27. The van der Waals surface area contributed by atoms with Gasteiger partial charge in [0, 0.05) is 13.6 Å². The lowest BCUT2D eigenvalue weighted by Gasteiger charge is -2.07. The molecule has 0 bridgehead atoms. The van der Waals surface area contributed by atoms with Crippen LogP contribution in [0.2, 0.25) is 0 Å². The fraction of sp³-hybridized carbons (Fsp3) is 0.286. The number of aromatic nitrogens is 3. The van der Waals surface area contributed by atoms with Gasteiger partial charge >= 0.3 is 6.03 Å². The molecule has 0 spiro atoms. The molecule has 122 valence electrons. The van der Waals surface area contributed by atoms with Crippen LogP contribution in [-0.4, -0.2) is 39.5 Å². The number of nitrogens with one attached hydrogen (secondary N) is 2. The van der Waals surface area contributed by atoms with Gasteiger partial charge in [-0.05, 0) is 13.0 Å². The van der Waals surface area contributed by atoms with E-state index in [1.165, 1.54) is 18.8 Å². The number of carbonyl (C=O) groups is 2. The molecule has 0 radical (unpaired) electrons. The molecule has 0 aliphatic rings. The van der Waals surface area contributed by atoms with Crippen molar-refractivity contribution in [2.75, 3.05) is 12.8 Å². The molecule has 23 heavy (non-hydrogen) atoms. The number of rotatable bonds is 6. The Hall–Kier alpha value is -2.55. The predicted molar refractivity (Wildman–Crippen MR) is 86.0 cm³/mol. The Kier molecular flexibility index (Phi) is 5.58. The Morgan fingerprint density at radius 1 is 1.48 bits per heavy atom. The van der Waals surface area contributed by atoms with Gasteiger partial charge in [-0.1, -0.05) is 17.8 Å². The first kappa shape index (κ1) is 16.8. The van der Waals surface area contributed by atoms with Crippen molar-refractivity contribution in [1.82, 2.24) is 25.4 Å². The number of thioether (sulfide) groups is 1. The van der Waals surface area contributed by atoms with Gasteiger partial charge in [-0.3, -0.25) is 14.7 Å². The average Bonchev–Trinajstić information content (AvgIpc) is 3.11. The summed E-state index contributed by atoms with van der Waals surface area (Å²) in [4.78, 5) is 22.7. The van der Waals surface area contributed by atoms with Crippen molar-refractivity contribution in [1.29, 1.82) is 0 Å². The van der Waals surface area contributed by atoms with Gasteiger partial charge in [0.15, 0.2) is 11.0 Å². The van der Waals surface area contributed by atoms with E-state index in [9.17, 15) is 9.59 Å². The van der Waals surface area contributed by atoms with Gasteiger partial charge in [0.1, 0.15) is 5.76 Å². The molecule has 9 heteroatoms. The first-order chi connectivity index (χ1) is 11.1. The highest BCUT2D eigenvalue weighted by Gasteiger charge is 2.17. The highest BCUT2D eigenvalue weighted by Crippen LogP contribution is 2.26. The molecule has 0 atom stereocenters. The number of aryl methyl sites for hydroxylation is 1. The standard InChI is InChI=1S/C14H17N5O3S/c1-4-6-19-12(10-5-7-22-9(10)2)17-18-14(19)23-8-11(20)16-13(21)15-3/h4-5,7H,1,6,8H2,2-3H3,(H2,15,16,20,21). The smallest absolute Gasteiger partial charge is 0.321 e. The van der Waals surface area contributed by atoms with Gasteiger partial charge in [0.2, 0.25) is 5.91 Å². The Morgan fingerprint density at radius 3 is 2.87 bits per heavy atom. The minimum Gasteiger partial charge on any atom is -0.469 e. The number of carbonyl (C=O) groups excluding carboxylic acids is 2. The fourth-order valence-electron chi connectivity index (χ4n) is 1.86. The van der Waals surface area contributed by atoms with Crippen LogP contribution in [0.4, 0.5) is 4.79 Å². The molecule has 2 N–H and O–H groups in total. The van der Waals surface area contributed by atoms with Crippen molar-refractivity contribution in [2.24, 2.45) is 0 Å². The van der Waals surface area contributed by atoms with Crippen LogP contribution < -0.4 is 10.6 Å². The van der Waals surface area contributed by atoms with Crippen LogP contribution in [0.25, 0.3) is 11.4 Å². The lowest BCUT2D eigenvalue weighted by molar-refractivity contribution is -0.117. The minimum atomic E-state index is -0.544. The normalized spacial score (nSPS) is 10.3. The molecule has 0 fully saturated rings. The van der Waals surface area contributed by atoms with E-state index >= 15 is 0 Å². The molecule has 2 aromatic rings. The third-order valence-corrected chi connectivity index (χ3v) is 3.91. The molecular weight excluding hydrogens is 318 g/mol. The van der Waals surface area contributed by atoms with Crippen LogP contribution in [-0.2, 0) is 11.3 Å². The summed E-state index contributed by atoms with van der Waals surface area (Å²) in [6.45, 7) is 6.06. The molecule has 0 aliphatic heterocycles. The Balaban J connectivity index is 2.15. The van der Waals surface area contributed by atoms with E-state index in [1.807, 2.05) is 17.6 Å². The van der Waals surface area contributed by atoms with Gasteiger partial charge in [0.05, 0.1) is 17.6 Å². The quantitative estimate of drug-likeness (QED) is 0.614. The lowest BCUT2D eigenvalue weighted by Crippen LogP contribution is -2.38. The van der Waals surface area contributed by atoms with Gasteiger partial charge in [0.25, 0.3) is 0 Å². The highest BCUT2D eigenvalue weighted by atomic mass is 32.2. The van der Waals surface area contributed by atoms with Crippen molar-refractivity contribution < 1.29 is 14.0 Å². The number of imide groups is 1. The molecule has 3 amide bonds. The second-order valence-electron chi connectivity index (χ2n) is 4.51. The number of urea groups is 1. The van der Waals surface area contributed by atoms with Crippen LogP contribution in [0.15, 0.2) is 34.6 Å². The minimum absolute atomic E-state index is 0.0487. The summed E-state index contributed by atoms with van der Waals surface area (Å²) < 4.78 is 7.13. The number of nitrogens with zero attached hydrogens (tertiary/aromatic N) is 3. The Morgan fingerprint density at radius 2 is 2.26 bits per heavy atom. The molecule has 2 heterocycles. The third kappa shape index (κ3) is 4.01. The van der Waals surface area contributed by atoms with Crippen LogP contribution in [0.3, 0.4) is 0 Å². The molecule has 0 saturated heterocycles. The van der Waals surface area contributed by atoms with E-state index in [1.54, 1.807) is 12.3 Å². The zero-order valence-corrected chi connectivity index (χ0v) is 13.6. The highest BCUT2D eigenvalue weighted by molar-refractivity contribution is 7.99. The van der Waals surface area contributed by atoms with E-state index in [2.05, 4.69) is 27.4 Å². The molecule has 0 saturated carbocycles. The summed E-state index contributed by atoms with van der Waals surface area (Å²) in [6.07, 6.45) is 3.30. The van der Waals surface area contributed by atoms with E-state index < -0.39 is 11.9 Å². The first-order valence-corrected chi connectivity index (χ1v) is 7.78. The fourth-order valence-corrected chi connectivity index (χ4v) is 2.61. The van der Waals surface area contributed by atoms with Crippen LogP contribution in [0, 0.1) is 6.92 Å². The summed E-state index contributed by atoms with van der Waals surface area (Å²) in [7, 11) is 1.44. The Labute approximate surface area is 137 Å². The van der Waals surface area contributed by atoms with E-state index in [-0.39, 0.29) is 5.75 Å². The summed E-state index contributed by atoms with van der Waals surface area (Å²) in [5, 5.41) is 13.3. The monoisotopic (exact) mass is 335 g/mol. The zero-order valence-electron chi connectivity index (χ0n) is 12.8. The van der Waals surface area contributed by atoms with Gasteiger partial charge < -0.3 is 9.73 Å². The van der Waals surface area contributed by atoms with Gasteiger partial charge in [-0.25, -0.2) is 4.79 Å². The van der Waals surface area contributed by atoms with E-state index in [4.69, 9.17) is 4.42 Å². The number of furan rings is 1. The van der Waals surface area contributed by atoms with E-state index in [0.717, 1.165) is 11.3 Å². The molecule has 0 unspecified atom stereocenters. The molecule has 8 nitrogen and oxygen atoms in total. The van der Waals surface area contributed by atoms with E-state index in [0.29, 0.717) is 17.5 Å². The molecular formula is C14H17N5O3S. The van der Waals surface area contributed by atoms with Crippen LogP contribution >= 0.6 is 11.8 Å². The largest absolute Gasteiger partial charge is 0.469 e. The predicted octanol–water partition coefficient (Wildman–Crippen LogP) is 1.58. The summed E-state index contributed by atoms with van der Waals surface area (Å²) >= 11 is 1.19. The maximum atomic E-state index is 11.7. The summed E-state index contributed by atoms with van der Waals surface area (Å²) in [5.74, 6) is 1.01. The lowest BCUT2D eigenvalue weighted by atomic mass is 10.2. The molecule has 2 aromatic heterocycles. The van der Waals surface area contributed by atoms with Crippen LogP contribution in [0.1, 0.15) is 5.76 Å². The van der Waals surface area contributed by atoms with Crippen molar-refractivity contribution in [3.05, 3.63) is 30.7 Å². The number of amides is 3. The number of allylic oxidation sites excluding steroid dienone is 1. The number of hydrogen-bond acceptors (Lipinski definition) is 6. The van der Waals surface area contributed by atoms with Gasteiger partial charge in [-0.2, -0.15) is 0 Å². The maximum Gasteiger partial charge on any atom is 0.321 e. The van der Waals surface area contributed by atoms with Crippen LogP contribution in [0.5, 0.6) is 0 Å². The molecule has 2 rings (SSSR count). The maximum absolute atomic E-state index is 11.7. The topological polar surface area (TPSA) is 102 Å². The van der Waals surface area contributed by atoms with Crippen molar-refractivity contribution in [3.63, 3.8) is 0 Å². The third-order valence-electron chi connectivity index (χ3n) is 2.94. The second-order valence-corrected chi connectivity index (χ2v) is 5.45. The van der Waals surface area contributed by atoms with Crippen molar-refractivity contribution in [2.45, 2.75) is 18.6 Å². The summed E-state index contributed by atoms with van der Waals surface area (Å²) in [5.41, 5.74) is 0.834. The second kappa shape index (κ2) is 7.63. The first-order valence-electron chi connectivity index (χ1n) is 6.79. The SMILES string of the molecule is C=CCn1c(SCC(=O)NC(=O)NC)nnc1-c1ccoc1C. The average molecular weight is 335 g/mol. The number of hydrogen-bond donors (Lipinski definition) is 2. The zero-order chi connectivity index (χ0) is 16.8. The molecule has 0 aromatic carbocycles. The van der Waals surface area contributed by atoms with Crippen molar-refractivity contribution in [3.8, 4) is 11.4 Å².